The molecule has 0 bridgehead atoms. The Kier molecular flexibility index (Phi) is 3.72. The van der Waals surface area contributed by atoms with Gasteiger partial charge in [0.2, 0.25) is 0 Å². The average Bonchev–Trinajstić information content (AvgIpc) is 2.39. The highest BCUT2D eigenvalue weighted by molar-refractivity contribution is 5.67. The maximum Gasteiger partial charge on any atom is 0.149 e. The summed E-state index contributed by atoms with van der Waals surface area (Å²) < 4.78 is 26.7. The first-order valence-electron chi connectivity index (χ1n) is 5.59. The fourth-order valence-electron chi connectivity index (χ4n) is 1.64. The number of halogens is 2. The van der Waals surface area contributed by atoms with Crippen LogP contribution >= 0.6 is 0 Å². The molecule has 2 aromatic carbocycles. The number of nitrogens with one attached hydrogen (secondary N) is 1. The third-order valence-corrected chi connectivity index (χ3v) is 2.62. The Labute approximate surface area is 105 Å². The van der Waals surface area contributed by atoms with Crippen LogP contribution in [0.25, 0.3) is 5.57 Å². The number of benzene rings is 2. The molecule has 1 nitrogen and oxygen atoms in total. The highest BCUT2D eigenvalue weighted by Crippen LogP contribution is 2.19. The fourth-order valence-corrected chi connectivity index (χ4v) is 1.64. The first kappa shape index (κ1) is 12.3. The Morgan fingerprint density at radius 1 is 0.944 bits per heavy atom. The summed E-state index contributed by atoms with van der Waals surface area (Å²) in [6.07, 6.45) is 0. The van der Waals surface area contributed by atoms with Crippen molar-refractivity contribution in [3.63, 3.8) is 0 Å². The predicted molar refractivity (Wildman–Crippen MR) is 70.3 cm³/mol. The van der Waals surface area contributed by atoms with Crippen LogP contribution in [0.5, 0.6) is 0 Å². The largest absolute Gasteiger partial charge is 0.376 e. The van der Waals surface area contributed by atoms with Crippen LogP contribution in [0.2, 0.25) is 0 Å². The van der Waals surface area contributed by atoms with Gasteiger partial charge in [-0.15, -0.1) is 0 Å². The lowest BCUT2D eigenvalue weighted by Crippen LogP contribution is -2.06. The van der Waals surface area contributed by atoms with Crippen LogP contribution in [0.3, 0.4) is 0 Å². The lowest BCUT2D eigenvalue weighted by atomic mass is 10.1. The van der Waals surface area contributed by atoms with Gasteiger partial charge in [0.25, 0.3) is 0 Å². The third kappa shape index (κ3) is 2.74. The summed E-state index contributed by atoms with van der Waals surface area (Å²) in [6.45, 7) is 4.19. The molecule has 0 aromatic heterocycles. The van der Waals surface area contributed by atoms with E-state index in [4.69, 9.17) is 0 Å². The minimum absolute atomic E-state index is 0.116. The van der Waals surface area contributed by atoms with Gasteiger partial charge in [-0.25, -0.2) is 8.78 Å². The summed E-state index contributed by atoms with van der Waals surface area (Å²) >= 11 is 0. The maximum absolute atomic E-state index is 13.4. The predicted octanol–water partition coefficient (Wildman–Crippen LogP) is 4.09. The van der Waals surface area contributed by atoms with Crippen LogP contribution in [-0.2, 0) is 0 Å². The van der Waals surface area contributed by atoms with E-state index in [0.29, 0.717) is 6.54 Å². The normalized spacial score (nSPS) is 10.1. The zero-order valence-electron chi connectivity index (χ0n) is 9.79. The molecule has 0 amide bonds. The smallest absolute Gasteiger partial charge is 0.149 e. The summed E-state index contributed by atoms with van der Waals surface area (Å²) in [7, 11) is 0. The van der Waals surface area contributed by atoms with Gasteiger partial charge in [-0.2, -0.15) is 0 Å². The van der Waals surface area contributed by atoms with Crippen molar-refractivity contribution in [3.8, 4) is 0 Å². The molecule has 0 heterocycles. The second kappa shape index (κ2) is 5.45. The van der Waals surface area contributed by atoms with Gasteiger partial charge in [0.15, 0.2) is 0 Å². The molecule has 92 valence electrons. The van der Waals surface area contributed by atoms with Crippen molar-refractivity contribution < 1.29 is 8.78 Å². The van der Waals surface area contributed by atoms with Gasteiger partial charge in [-0.1, -0.05) is 43.0 Å². The zero-order valence-corrected chi connectivity index (χ0v) is 9.79. The highest BCUT2D eigenvalue weighted by Gasteiger charge is 2.08. The van der Waals surface area contributed by atoms with Crippen molar-refractivity contribution in [2.24, 2.45) is 0 Å². The summed E-state index contributed by atoms with van der Waals surface area (Å²) in [5.74, 6) is -1.20. The summed E-state index contributed by atoms with van der Waals surface area (Å²) in [4.78, 5) is 0. The molecule has 0 aliphatic carbocycles. The summed E-state index contributed by atoms with van der Waals surface area (Å²) in [5, 5.41) is 2.73. The minimum Gasteiger partial charge on any atom is -0.376 e. The number of para-hydroxylation sites is 1. The van der Waals surface area contributed by atoms with E-state index in [2.05, 4.69) is 11.9 Å². The first-order chi connectivity index (χ1) is 8.68. The molecule has 2 rings (SSSR count). The van der Waals surface area contributed by atoms with Crippen molar-refractivity contribution in [2.45, 2.75) is 0 Å². The van der Waals surface area contributed by atoms with E-state index in [1.807, 2.05) is 30.3 Å². The SMILES string of the molecule is C=C(CNc1c(F)cccc1F)c1ccccc1. The molecule has 18 heavy (non-hydrogen) atoms. The lowest BCUT2D eigenvalue weighted by Gasteiger charge is -2.10. The van der Waals surface area contributed by atoms with E-state index in [1.54, 1.807) is 0 Å². The minimum atomic E-state index is -0.601. The van der Waals surface area contributed by atoms with Gasteiger partial charge >= 0.3 is 0 Å². The molecule has 0 aliphatic rings. The molecule has 0 fully saturated rings. The Morgan fingerprint density at radius 3 is 2.17 bits per heavy atom. The first-order valence-corrected chi connectivity index (χ1v) is 5.59. The van der Waals surface area contributed by atoms with Crippen molar-refractivity contribution in [1.29, 1.82) is 0 Å². The summed E-state index contributed by atoms with van der Waals surface area (Å²) in [6, 6.07) is 13.3. The van der Waals surface area contributed by atoms with E-state index in [9.17, 15) is 8.78 Å². The highest BCUT2D eigenvalue weighted by atomic mass is 19.1. The molecule has 0 unspecified atom stereocenters. The fraction of sp³-hybridized carbons (Fsp3) is 0.0667. The van der Waals surface area contributed by atoms with E-state index in [1.165, 1.54) is 18.2 Å². The van der Waals surface area contributed by atoms with E-state index >= 15 is 0 Å². The number of hydrogen-bond donors (Lipinski definition) is 1. The van der Waals surface area contributed by atoms with Crippen molar-refractivity contribution in [2.75, 3.05) is 11.9 Å². The van der Waals surface area contributed by atoms with Crippen molar-refractivity contribution >= 4 is 11.3 Å². The van der Waals surface area contributed by atoms with Gasteiger partial charge < -0.3 is 5.32 Å². The Bertz CT molecular complexity index is 529. The van der Waals surface area contributed by atoms with Gasteiger partial charge in [-0.05, 0) is 23.3 Å². The van der Waals surface area contributed by atoms with Gasteiger partial charge in [0, 0.05) is 6.54 Å². The Morgan fingerprint density at radius 2 is 1.56 bits per heavy atom. The Balaban J connectivity index is 2.07. The molecule has 2 aromatic rings. The van der Waals surface area contributed by atoms with Crippen LogP contribution in [0.15, 0.2) is 55.1 Å². The monoisotopic (exact) mass is 245 g/mol. The van der Waals surface area contributed by atoms with Gasteiger partial charge in [0.1, 0.15) is 17.3 Å². The molecule has 0 saturated carbocycles. The van der Waals surface area contributed by atoms with E-state index in [0.717, 1.165) is 11.1 Å². The molecule has 0 aliphatic heterocycles. The van der Waals surface area contributed by atoms with Crippen LogP contribution in [0, 0.1) is 11.6 Å². The molecule has 3 heteroatoms. The lowest BCUT2D eigenvalue weighted by molar-refractivity contribution is 0.589. The molecular weight excluding hydrogens is 232 g/mol. The molecule has 0 atom stereocenters. The van der Waals surface area contributed by atoms with Crippen molar-refractivity contribution in [3.05, 3.63) is 72.3 Å². The zero-order chi connectivity index (χ0) is 13.0. The quantitative estimate of drug-likeness (QED) is 0.855. The summed E-state index contributed by atoms with van der Waals surface area (Å²) in [5.41, 5.74) is 1.61. The third-order valence-electron chi connectivity index (χ3n) is 2.62. The Hall–Kier alpha value is -2.16. The maximum atomic E-state index is 13.4. The molecule has 1 N–H and O–H groups in total. The van der Waals surface area contributed by atoms with Crippen LogP contribution in [0.4, 0.5) is 14.5 Å². The molecule has 0 saturated heterocycles. The number of rotatable bonds is 4. The second-order valence-corrected chi connectivity index (χ2v) is 3.92. The van der Waals surface area contributed by atoms with Gasteiger partial charge in [-0.3, -0.25) is 0 Å². The second-order valence-electron chi connectivity index (χ2n) is 3.92. The van der Waals surface area contributed by atoms with Crippen LogP contribution in [-0.4, -0.2) is 6.54 Å². The van der Waals surface area contributed by atoms with Crippen LogP contribution < -0.4 is 5.32 Å². The van der Waals surface area contributed by atoms with Crippen LogP contribution in [0.1, 0.15) is 5.56 Å². The number of anilines is 1. The molecule has 0 radical (unpaired) electrons. The molecular formula is C15H13F2N. The van der Waals surface area contributed by atoms with E-state index in [-0.39, 0.29) is 5.69 Å². The number of hydrogen-bond acceptors (Lipinski definition) is 1. The topological polar surface area (TPSA) is 12.0 Å². The van der Waals surface area contributed by atoms with Gasteiger partial charge in [0.05, 0.1) is 0 Å². The van der Waals surface area contributed by atoms with Crippen molar-refractivity contribution in [1.82, 2.24) is 0 Å². The van der Waals surface area contributed by atoms with E-state index < -0.39 is 11.6 Å². The average molecular weight is 245 g/mol. The standard InChI is InChI=1S/C15H13F2N/c1-11(12-6-3-2-4-7-12)10-18-15-13(16)8-5-9-14(15)17/h2-9,18H,1,10H2. The molecule has 0 spiro atoms.